The van der Waals surface area contributed by atoms with Crippen LogP contribution in [-0.2, 0) is 5.41 Å². The van der Waals surface area contributed by atoms with E-state index >= 15 is 0 Å². The molecule has 0 aromatic carbocycles. The lowest BCUT2D eigenvalue weighted by molar-refractivity contribution is -0.161. The Morgan fingerprint density at radius 2 is 2.00 bits per heavy atom. The monoisotopic (exact) mass is 205 g/mol. The van der Waals surface area contributed by atoms with E-state index in [2.05, 4.69) is 10.2 Å². The molecule has 2 rings (SSSR count). The van der Waals surface area contributed by atoms with Gasteiger partial charge in [0.15, 0.2) is 0 Å². The Kier molecular flexibility index (Phi) is 1.62. The van der Waals surface area contributed by atoms with Crippen molar-refractivity contribution in [2.45, 2.75) is 31.4 Å². The predicted molar refractivity (Wildman–Crippen MR) is 44.7 cm³/mol. The van der Waals surface area contributed by atoms with Crippen LogP contribution in [0.3, 0.4) is 0 Å². The average Bonchev–Trinajstić information content (AvgIpc) is 2.79. The summed E-state index contributed by atoms with van der Waals surface area (Å²) in [5.41, 5.74) is 4.24. The van der Waals surface area contributed by atoms with Gasteiger partial charge in [-0.2, -0.15) is 18.3 Å². The topological polar surface area (TPSA) is 54.7 Å². The van der Waals surface area contributed by atoms with E-state index in [0.717, 1.165) is 0 Å². The fourth-order valence-corrected chi connectivity index (χ4v) is 1.68. The summed E-state index contributed by atoms with van der Waals surface area (Å²) >= 11 is 0. The fourth-order valence-electron chi connectivity index (χ4n) is 1.68. The van der Waals surface area contributed by atoms with E-state index in [1.54, 1.807) is 6.92 Å². The molecule has 0 saturated heterocycles. The lowest BCUT2D eigenvalue weighted by Crippen LogP contribution is -2.29. The highest BCUT2D eigenvalue weighted by molar-refractivity contribution is 5.46. The summed E-state index contributed by atoms with van der Waals surface area (Å²) in [5, 5.41) is 5.98. The van der Waals surface area contributed by atoms with Gasteiger partial charge in [0, 0.05) is 5.56 Å². The number of nitrogen functional groups attached to an aromatic ring is 1. The average molecular weight is 205 g/mol. The van der Waals surface area contributed by atoms with Crippen molar-refractivity contribution in [3.05, 3.63) is 11.3 Å². The summed E-state index contributed by atoms with van der Waals surface area (Å²) < 4.78 is 38.0. The second-order valence-corrected chi connectivity index (χ2v) is 3.69. The second-order valence-electron chi connectivity index (χ2n) is 3.69. The van der Waals surface area contributed by atoms with Gasteiger partial charge in [0.2, 0.25) is 0 Å². The molecular weight excluding hydrogens is 195 g/mol. The number of aromatic amines is 1. The molecule has 78 valence electrons. The quantitative estimate of drug-likeness (QED) is 0.735. The number of nitrogens with one attached hydrogen (secondary N) is 1. The maximum absolute atomic E-state index is 12.7. The van der Waals surface area contributed by atoms with Gasteiger partial charge >= 0.3 is 6.18 Å². The molecule has 6 heteroatoms. The molecule has 0 spiro atoms. The lowest BCUT2D eigenvalue weighted by Gasteiger charge is -2.18. The largest absolute Gasteiger partial charge is 0.399 e. The number of anilines is 1. The van der Waals surface area contributed by atoms with Crippen LogP contribution in [0.4, 0.5) is 19.0 Å². The molecule has 0 bridgehead atoms. The van der Waals surface area contributed by atoms with Gasteiger partial charge in [0.25, 0.3) is 0 Å². The number of nitrogens with zero attached hydrogens (tertiary/aromatic N) is 1. The van der Waals surface area contributed by atoms with E-state index in [0.29, 0.717) is 5.56 Å². The van der Waals surface area contributed by atoms with Crippen LogP contribution in [0.5, 0.6) is 0 Å². The van der Waals surface area contributed by atoms with Crippen molar-refractivity contribution in [2.75, 3.05) is 5.73 Å². The Bertz CT molecular complexity index is 362. The minimum absolute atomic E-state index is 0.124. The molecule has 14 heavy (non-hydrogen) atoms. The van der Waals surface area contributed by atoms with Gasteiger partial charge in [-0.25, -0.2) is 0 Å². The molecular formula is C8H10F3N3. The predicted octanol–water partition coefficient (Wildman–Crippen LogP) is 1.89. The van der Waals surface area contributed by atoms with Crippen LogP contribution in [0.25, 0.3) is 0 Å². The first-order chi connectivity index (χ1) is 6.38. The van der Waals surface area contributed by atoms with Crippen molar-refractivity contribution in [2.24, 2.45) is 0 Å². The van der Waals surface area contributed by atoms with Crippen molar-refractivity contribution < 1.29 is 13.2 Å². The molecule has 1 saturated carbocycles. The molecule has 1 fully saturated rings. The third-order valence-corrected chi connectivity index (χ3v) is 2.82. The zero-order valence-electron chi connectivity index (χ0n) is 7.57. The second kappa shape index (κ2) is 2.43. The van der Waals surface area contributed by atoms with E-state index in [9.17, 15) is 13.2 Å². The Hall–Kier alpha value is -1.20. The van der Waals surface area contributed by atoms with Gasteiger partial charge in [-0.3, -0.25) is 5.10 Å². The van der Waals surface area contributed by atoms with Gasteiger partial charge in [-0.1, -0.05) is 0 Å². The number of H-pyrrole nitrogens is 1. The first-order valence-electron chi connectivity index (χ1n) is 4.26. The zero-order valence-corrected chi connectivity index (χ0v) is 7.57. The highest BCUT2D eigenvalue weighted by Gasteiger charge is 2.65. The molecule has 0 atom stereocenters. The standard InChI is InChI=1S/C8H10F3N3/c1-4-5(13-14-6(4)12)7(2-3-7)8(9,10)11/h2-3H2,1H3,(H3,12,13,14). The third-order valence-electron chi connectivity index (χ3n) is 2.82. The Labute approximate surface area is 78.5 Å². The molecule has 0 radical (unpaired) electrons. The van der Waals surface area contributed by atoms with Crippen LogP contribution < -0.4 is 5.73 Å². The molecule has 1 aromatic rings. The highest BCUT2D eigenvalue weighted by atomic mass is 19.4. The lowest BCUT2D eigenvalue weighted by atomic mass is 9.98. The van der Waals surface area contributed by atoms with Crippen molar-refractivity contribution in [3.63, 3.8) is 0 Å². The Morgan fingerprint density at radius 3 is 2.29 bits per heavy atom. The van der Waals surface area contributed by atoms with Crippen molar-refractivity contribution in [1.29, 1.82) is 0 Å². The highest BCUT2D eigenvalue weighted by Crippen LogP contribution is 2.59. The number of hydrogen-bond acceptors (Lipinski definition) is 2. The van der Waals surface area contributed by atoms with Crippen LogP contribution in [0.15, 0.2) is 0 Å². The maximum Gasteiger partial charge on any atom is 0.399 e. The molecule has 1 heterocycles. The van der Waals surface area contributed by atoms with Crippen LogP contribution in [0.2, 0.25) is 0 Å². The van der Waals surface area contributed by atoms with Gasteiger partial charge in [-0.15, -0.1) is 0 Å². The minimum Gasteiger partial charge on any atom is -0.382 e. The maximum atomic E-state index is 12.7. The number of aromatic nitrogens is 2. The number of alkyl halides is 3. The van der Waals surface area contributed by atoms with E-state index in [4.69, 9.17) is 5.73 Å². The van der Waals surface area contributed by atoms with E-state index in [1.165, 1.54) is 0 Å². The summed E-state index contributed by atoms with van der Waals surface area (Å²) in [6.45, 7) is 1.56. The number of hydrogen-bond donors (Lipinski definition) is 2. The molecule has 1 aliphatic carbocycles. The Morgan fingerprint density at radius 1 is 1.43 bits per heavy atom. The van der Waals surface area contributed by atoms with Crippen LogP contribution in [-0.4, -0.2) is 16.4 Å². The molecule has 1 aliphatic rings. The van der Waals surface area contributed by atoms with Gasteiger partial charge in [-0.05, 0) is 19.8 Å². The number of nitrogens with two attached hydrogens (primary N) is 1. The molecule has 0 unspecified atom stereocenters. The number of rotatable bonds is 1. The normalized spacial score (nSPS) is 19.7. The van der Waals surface area contributed by atoms with E-state index < -0.39 is 11.6 Å². The number of halogens is 3. The third kappa shape index (κ3) is 1.03. The van der Waals surface area contributed by atoms with E-state index in [-0.39, 0.29) is 24.4 Å². The molecule has 1 aromatic heterocycles. The van der Waals surface area contributed by atoms with Crippen LogP contribution in [0.1, 0.15) is 24.1 Å². The summed E-state index contributed by atoms with van der Waals surface area (Å²) in [5.74, 6) is 0.149. The van der Waals surface area contributed by atoms with Crippen molar-refractivity contribution >= 4 is 5.82 Å². The van der Waals surface area contributed by atoms with Gasteiger partial charge < -0.3 is 5.73 Å². The first kappa shape index (κ1) is 9.36. The molecule has 3 nitrogen and oxygen atoms in total. The first-order valence-corrected chi connectivity index (χ1v) is 4.26. The molecule has 0 aliphatic heterocycles. The minimum atomic E-state index is -4.21. The SMILES string of the molecule is Cc1c(N)n[nH]c1C1(C(F)(F)F)CC1. The van der Waals surface area contributed by atoms with Crippen LogP contribution >= 0.6 is 0 Å². The zero-order chi connectivity index (χ0) is 10.6. The fraction of sp³-hybridized carbons (Fsp3) is 0.625. The summed E-state index contributed by atoms with van der Waals surface area (Å²) in [4.78, 5) is 0. The van der Waals surface area contributed by atoms with Crippen molar-refractivity contribution in [1.82, 2.24) is 10.2 Å². The Balaban J connectivity index is 2.46. The molecule has 3 N–H and O–H groups in total. The van der Waals surface area contributed by atoms with E-state index in [1.807, 2.05) is 0 Å². The summed E-state index contributed by atoms with van der Waals surface area (Å²) in [6, 6.07) is 0. The summed E-state index contributed by atoms with van der Waals surface area (Å²) in [6.07, 6.45) is -3.96. The van der Waals surface area contributed by atoms with Crippen LogP contribution in [0, 0.1) is 6.92 Å². The van der Waals surface area contributed by atoms with Gasteiger partial charge in [0.05, 0.1) is 5.69 Å². The molecule has 0 amide bonds. The smallest absolute Gasteiger partial charge is 0.382 e. The van der Waals surface area contributed by atoms with Gasteiger partial charge in [0.1, 0.15) is 11.2 Å². The summed E-state index contributed by atoms with van der Waals surface area (Å²) in [7, 11) is 0. The van der Waals surface area contributed by atoms with Crippen molar-refractivity contribution in [3.8, 4) is 0 Å².